The quantitative estimate of drug-likeness (QED) is 0.684. The van der Waals surface area contributed by atoms with Crippen LogP contribution in [-0.2, 0) is 4.74 Å². The molecule has 1 amide bonds. The molecule has 1 aliphatic heterocycles. The van der Waals surface area contributed by atoms with Crippen LogP contribution in [-0.4, -0.2) is 69.4 Å². The Morgan fingerprint density at radius 1 is 1.45 bits per heavy atom. The number of nitrogens with zero attached hydrogens (tertiary/aromatic N) is 2. The number of carbonyl (C=O) groups excluding carboxylic acids is 1. The van der Waals surface area contributed by atoms with Crippen molar-refractivity contribution in [2.75, 3.05) is 26.3 Å². The smallest absolute Gasteiger partial charge is 0.354 e. The van der Waals surface area contributed by atoms with E-state index in [2.05, 4.69) is 9.97 Å². The molecule has 0 aromatic carbocycles. The molecule has 0 radical (unpaired) electrons. The number of carboxylic acids is 1. The Bertz CT molecular complexity index is 479. The van der Waals surface area contributed by atoms with Crippen LogP contribution in [0.1, 0.15) is 33.8 Å². The number of likely N-dealkylation sites (tertiary alicyclic amines) is 1. The number of H-pyrrole nitrogens is 1. The molecule has 0 bridgehead atoms. The molecular weight excluding hydrogens is 266 g/mol. The molecule has 1 saturated heterocycles. The van der Waals surface area contributed by atoms with Crippen molar-refractivity contribution in [1.82, 2.24) is 14.9 Å². The van der Waals surface area contributed by atoms with Crippen LogP contribution in [0, 0.1) is 0 Å². The van der Waals surface area contributed by atoms with Crippen molar-refractivity contribution in [2.45, 2.75) is 18.9 Å². The summed E-state index contributed by atoms with van der Waals surface area (Å²) in [7, 11) is 0. The van der Waals surface area contributed by atoms with Crippen molar-refractivity contribution >= 4 is 11.9 Å². The number of amides is 1. The van der Waals surface area contributed by atoms with Gasteiger partial charge in [0.1, 0.15) is 0 Å². The van der Waals surface area contributed by atoms with Crippen molar-refractivity contribution in [1.29, 1.82) is 0 Å². The SMILES string of the molecule is O=C(O)c1[nH]cnc1C(=O)N1CCC(OCCO)CC1. The van der Waals surface area contributed by atoms with E-state index in [0.29, 0.717) is 32.5 Å². The molecule has 8 nitrogen and oxygen atoms in total. The van der Waals surface area contributed by atoms with E-state index in [0.717, 1.165) is 0 Å². The van der Waals surface area contributed by atoms with Gasteiger partial charge in [0.15, 0.2) is 11.4 Å². The normalized spacial score (nSPS) is 16.4. The van der Waals surface area contributed by atoms with E-state index in [-0.39, 0.29) is 30.0 Å². The lowest BCUT2D eigenvalue weighted by molar-refractivity contribution is -0.00569. The summed E-state index contributed by atoms with van der Waals surface area (Å²) in [4.78, 5) is 31.0. The predicted octanol–water partition coefficient (Wildman–Crippen LogP) is -0.279. The average Bonchev–Trinajstić information content (AvgIpc) is 2.94. The summed E-state index contributed by atoms with van der Waals surface area (Å²) in [5, 5.41) is 17.6. The number of piperidine rings is 1. The van der Waals surface area contributed by atoms with Crippen LogP contribution < -0.4 is 0 Å². The molecular formula is C12H17N3O5. The van der Waals surface area contributed by atoms with Crippen LogP contribution in [0.5, 0.6) is 0 Å². The van der Waals surface area contributed by atoms with E-state index in [4.69, 9.17) is 14.9 Å². The van der Waals surface area contributed by atoms with E-state index in [9.17, 15) is 9.59 Å². The minimum Gasteiger partial charge on any atom is -0.477 e. The van der Waals surface area contributed by atoms with Crippen LogP contribution in [0.25, 0.3) is 0 Å². The first kappa shape index (κ1) is 14.5. The van der Waals surface area contributed by atoms with Gasteiger partial charge < -0.3 is 24.8 Å². The van der Waals surface area contributed by atoms with Gasteiger partial charge in [-0.25, -0.2) is 9.78 Å². The van der Waals surface area contributed by atoms with Gasteiger partial charge in [0.2, 0.25) is 0 Å². The summed E-state index contributed by atoms with van der Waals surface area (Å²) in [6, 6.07) is 0. The summed E-state index contributed by atoms with van der Waals surface area (Å²) in [6.07, 6.45) is 2.56. The van der Waals surface area contributed by atoms with E-state index in [1.807, 2.05) is 0 Å². The standard InChI is InChI=1S/C12H17N3O5/c16-5-6-20-8-1-3-15(4-2-8)11(17)9-10(12(18)19)14-7-13-9/h7-8,16H,1-6H2,(H,13,14)(H,18,19). The third-order valence-electron chi connectivity index (χ3n) is 3.23. The highest BCUT2D eigenvalue weighted by molar-refractivity contribution is 6.02. The zero-order valence-electron chi connectivity index (χ0n) is 10.9. The Morgan fingerprint density at radius 2 is 2.15 bits per heavy atom. The van der Waals surface area contributed by atoms with Crippen molar-refractivity contribution < 1.29 is 24.5 Å². The Morgan fingerprint density at radius 3 is 2.75 bits per heavy atom. The van der Waals surface area contributed by atoms with E-state index >= 15 is 0 Å². The Balaban J connectivity index is 1.95. The Kier molecular flexibility index (Phi) is 4.70. The number of aromatic carboxylic acids is 1. The number of nitrogens with one attached hydrogen (secondary N) is 1. The monoisotopic (exact) mass is 283 g/mol. The maximum absolute atomic E-state index is 12.2. The van der Waals surface area contributed by atoms with Gasteiger partial charge in [-0.2, -0.15) is 0 Å². The maximum Gasteiger partial charge on any atom is 0.354 e. The average molecular weight is 283 g/mol. The van der Waals surface area contributed by atoms with Crippen LogP contribution in [0.3, 0.4) is 0 Å². The fraction of sp³-hybridized carbons (Fsp3) is 0.583. The molecule has 3 N–H and O–H groups in total. The number of aromatic amines is 1. The highest BCUT2D eigenvalue weighted by atomic mass is 16.5. The van der Waals surface area contributed by atoms with Crippen LogP contribution in [0.2, 0.25) is 0 Å². The van der Waals surface area contributed by atoms with Crippen molar-refractivity contribution in [3.63, 3.8) is 0 Å². The third-order valence-corrected chi connectivity index (χ3v) is 3.23. The second-order valence-corrected chi connectivity index (χ2v) is 4.52. The van der Waals surface area contributed by atoms with Gasteiger partial charge in [-0.05, 0) is 12.8 Å². The van der Waals surface area contributed by atoms with Crippen molar-refractivity contribution in [3.8, 4) is 0 Å². The Hall–Kier alpha value is -1.93. The lowest BCUT2D eigenvalue weighted by Crippen LogP contribution is -2.41. The number of hydrogen-bond donors (Lipinski definition) is 3. The number of aliphatic hydroxyl groups excluding tert-OH is 1. The molecule has 2 rings (SSSR count). The molecule has 1 aromatic rings. The molecule has 1 aliphatic rings. The number of aromatic nitrogens is 2. The fourth-order valence-corrected chi connectivity index (χ4v) is 2.21. The molecule has 2 heterocycles. The van der Waals surface area contributed by atoms with E-state index in [1.165, 1.54) is 6.33 Å². The number of rotatable bonds is 5. The number of carbonyl (C=O) groups is 2. The summed E-state index contributed by atoms with van der Waals surface area (Å²) >= 11 is 0. The topological polar surface area (TPSA) is 116 Å². The number of carboxylic acid groups (broad SMARTS) is 1. The van der Waals surface area contributed by atoms with Gasteiger partial charge in [-0.1, -0.05) is 0 Å². The van der Waals surface area contributed by atoms with Gasteiger partial charge in [-0.3, -0.25) is 4.79 Å². The molecule has 0 unspecified atom stereocenters. The first-order valence-electron chi connectivity index (χ1n) is 6.42. The molecule has 0 spiro atoms. The highest BCUT2D eigenvalue weighted by Crippen LogP contribution is 2.16. The number of imidazole rings is 1. The molecule has 0 aliphatic carbocycles. The zero-order valence-corrected chi connectivity index (χ0v) is 10.9. The number of ether oxygens (including phenoxy) is 1. The van der Waals surface area contributed by atoms with Crippen molar-refractivity contribution in [3.05, 3.63) is 17.7 Å². The number of hydrogen-bond acceptors (Lipinski definition) is 5. The van der Waals surface area contributed by atoms with Gasteiger partial charge >= 0.3 is 5.97 Å². The minimum absolute atomic E-state index is 0.0195. The van der Waals surface area contributed by atoms with Gasteiger partial charge in [-0.15, -0.1) is 0 Å². The number of aliphatic hydroxyl groups is 1. The summed E-state index contributed by atoms with van der Waals surface area (Å²) in [5.41, 5.74) is -0.249. The second kappa shape index (κ2) is 6.49. The molecule has 8 heteroatoms. The lowest BCUT2D eigenvalue weighted by Gasteiger charge is -2.31. The maximum atomic E-state index is 12.2. The molecule has 20 heavy (non-hydrogen) atoms. The van der Waals surface area contributed by atoms with Gasteiger partial charge in [0, 0.05) is 13.1 Å². The highest BCUT2D eigenvalue weighted by Gasteiger charge is 2.28. The molecule has 0 saturated carbocycles. The van der Waals surface area contributed by atoms with Gasteiger partial charge in [0.05, 0.1) is 25.6 Å². The van der Waals surface area contributed by atoms with Crippen molar-refractivity contribution in [2.24, 2.45) is 0 Å². The molecule has 110 valence electrons. The molecule has 0 atom stereocenters. The van der Waals surface area contributed by atoms with E-state index in [1.54, 1.807) is 4.90 Å². The fourth-order valence-electron chi connectivity index (χ4n) is 2.21. The Labute approximate surface area is 115 Å². The largest absolute Gasteiger partial charge is 0.477 e. The zero-order chi connectivity index (χ0) is 14.5. The van der Waals surface area contributed by atoms with Crippen LogP contribution in [0.15, 0.2) is 6.33 Å². The summed E-state index contributed by atoms with van der Waals surface area (Å²) in [6.45, 7) is 1.25. The summed E-state index contributed by atoms with van der Waals surface area (Å²) < 4.78 is 5.41. The molecule has 1 aromatic heterocycles. The molecule has 1 fully saturated rings. The third kappa shape index (κ3) is 3.14. The van der Waals surface area contributed by atoms with Crippen LogP contribution in [0.4, 0.5) is 0 Å². The lowest BCUT2D eigenvalue weighted by atomic mass is 10.1. The first-order valence-corrected chi connectivity index (χ1v) is 6.42. The van der Waals surface area contributed by atoms with Crippen LogP contribution >= 0.6 is 0 Å². The minimum atomic E-state index is -1.20. The second-order valence-electron chi connectivity index (χ2n) is 4.52. The summed E-state index contributed by atoms with van der Waals surface area (Å²) in [5.74, 6) is -1.59. The predicted molar refractivity (Wildman–Crippen MR) is 67.5 cm³/mol. The van der Waals surface area contributed by atoms with Gasteiger partial charge in [0.25, 0.3) is 5.91 Å². The van der Waals surface area contributed by atoms with E-state index < -0.39 is 5.97 Å². The first-order chi connectivity index (χ1) is 9.63.